The SMILES string of the molecule is CC(C)(C)OC(=O)N1CCN(CC2CCN(CC=O)CC2)CC1.CO. The van der Waals surface area contributed by atoms with Crippen molar-refractivity contribution >= 4 is 12.4 Å². The first kappa shape index (κ1) is 21.9. The van der Waals surface area contributed by atoms with Crippen molar-refractivity contribution in [2.24, 2.45) is 5.92 Å². The maximum Gasteiger partial charge on any atom is 0.410 e. The van der Waals surface area contributed by atoms with Crippen LogP contribution in [0.5, 0.6) is 0 Å². The molecular weight excluding hydrogens is 322 g/mol. The number of carbonyl (C=O) groups excluding carboxylic acids is 2. The third-order valence-corrected chi connectivity index (χ3v) is 4.58. The number of rotatable bonds is 4. The number of aliphatic hydroxyl groups is 1. The Labute approximate surface area is 151 Å². The van der Waals surface area contributed by atoms with E-state index in [1.165, 1.54) is 12.8 Å². The maximum absolute atomic E-state index is 12.1. The van der Waals surface area contributed by atoms with Gasteiger partial charge in [-0.3, -0.25) is 9.80 Å². The Kier molecular flexibility index (Phi) is 9.38. The quantitative estimate of drug-likeness (QED) is 0.759. The van der Waals surface area contributed by atoms with Crippen molar-refractivity contribution in [3.63, 3.8) is 0 Å². The molecule has 0 aromatic heterocycles. The number of hydrogen-bond donors (Lipinski definition) is 1. The van der Waals surface area contributed by atoms with Crippen molar-refractivity contribution in [1.82, 2.24) is 14.7 Å². The minimum absolute atomic E-state index is 0.195. The van der Waals surface area contributed by atoms with E-state index >= 15 is 0 Å². The Morgan fingerprint density at radius 3 is 2.08 bits per heavy atom. The van der Waals surface area contributed by atoms with Crippen LogP contribution in [0, 0.1) is 5.92 Å². The fourth-order valence-electron chi connectivity index (χ4n) is 3.26. The van der Waals surface area contributed by atoms with Crippen LogP contribution < -0.4 is 0 Å². The third kappa shape index (κ3) is 8.16. The van der Waals surface area contributed by atoms with Crippen LogP contribution in [0.1, 0.15) is 33.6 Å². The van der Waals surface area contributed by atoms with E-state index in [0.717, 1.165) is 59.2 Å². The maximum atomic E-state index is 12.1. The summed E-state index contributed by atoms with van der Waals surface area (Å²) in [5, 5.41) is 7.00. The van der Waals surface area contributed by atoms with Gasteiger partial charge in [-0.1, -0.05) is 0 Å². The molecule has 2 aliphatic rings. The van der Waals surface area contributed by atoms with Gasteiger partial charge in [-0.05, 0) is 52.6 Å². The molecule has 7 heteroatoms. The van der Waals surface area contributed by atoms with Crippen molar-refractivity contribution in [3.05, 3.63) is 0 Å². The number of aldehydes is 1. The number of carbonyl (C=O) groups is 2. The molecule has 1 amide bonds. The molecular formula is C18H35N3O4. The molecule has 0 saturated carbocycles. The molecule has 146 valence electrons. The largest absolute Gasteiger partial charge is 0.444 e. The molecule has 0 aromatic carbocycles. The van der Waals surface area contributed by atoms with Crippen LogP contribution in [0.25, 0.3) is 0 Å². The highest BCUT2D eigenvalue weighted by Gasteiger charge is 2.27. The zero-order valence-corrected chi connectivity index (χ0v) is 16.2. The van der Waals surface area contributed by atoms with Gasteiger partial charge in [0.15, 0.2) is 0 Å². The minimum Gasteiger partial charge on any atom is -0.444 e. The van der Waals surface area contributed by atoms with E-state index in [9.17, 15) is 9.59 Å². The van der Waals surface area contributed by atoms with E-state index < -0.39 is 5.60 Å². The summed E-state index contributed by atoms with van der Waals surface area (Å²) in [7, 11) is 1.00. The Bertz CT molecular complexity index is 396. The zero-order chi connectivity index (χ0) is 18.9. The highest BCUT2D eigenvalue weighted by Crippen LogP contribution is 2.19. The average Bonchev–Trinajstić information content (AvgIpc) is 2.58. The van der Waals surface area contributed by atoms with Crippen LogP contribution in [0.3, 0.4) is 0 Å². The summed E-state index contributed by atoms with van der Waals surface area (Å²) in [4.78, 5) is 29.1. The molecule has 0 aliphatic carbocycles. The summed E-state index contributed by atoms with van der Waals surface area (Å²) in [5.41, 5.74) is -0.427. The first-order valence-electron chi connectivity index (χ1n) is 9.18. The number of likely N-dealkylation sites (tertiary alicyclic amines) is 1. The smallest absolute Gasteiger partial charge is 0.410 e. The summed E-state index contributed by atoms with van der Waals surface area (Å²) in [6, 6.07) is 0. The lowest BCUT2D eigenvalue weighted by Crippen LogP contribution is -2.51. The lowest BCUT2D eigenvalue weighted by Gasteiger charge is -2.38. The standard InChI is InChI=1S/C17H31N3O3.CH4O/c1-17(2,3)23-16(22)20-10-8-19(9-11-20)14-15-4-6-18(7-5-15)12-13-21;1-2/h13,15H,4-12,14H2,1-3H3;2H,1H3. The van der Waals surface area contributed by atoms with Crippen LogP contribution in [0.2, 0.25) is 0 Å². The molecule has 2 fully saturated rings. The van der Waals surface area contributed by atoms with Gasteiger partial charge in [0.2, 0.25) is 0 Å². The molecule has 2 saturated heterocycles. The molecule has 7 nitrogen and oxygen atoms in total. The van der Waals surface area contributed by atoms with Gasteiger partial charge >= 0.3 is 6.09 Å². The van der Waals surface area contributed by atoms with Crippen molar-refractivity contribution in [2.75, 3.05) is 59.5 Å². The summed E-state index contributed by atoms with van der Waals surface area (Å²) < 4.78 is 5.43. The zero-order valence-electron chi connectivity index (χ0n) is 16.2. The molecule has 2 heterocycles. The molecule has 0 atom stereocenters. The topological polar surface area (TPSA) is 73.3 Å². The fraction of sp³-hybridized carbons (Fsp3) is 0.889. The number of hydrogen-bond acceptors (Lipinski definition) is 6. The van der Waals surface area contributed by atoms with Crippen molar-refractivity contribution in [1.29, 1.82) is 0 Å². The van der Waals surface area contributed by atoms with Gasteiger partial charge in [-0.2, -0.15) is 0 Å². The van der Waals surface area contributed by atoms with Crippen LogP contribution >= 0.6 is 0 Å². The Morgan fingerprint density at radius 2 is 1.60 bits per heavy atom. The summed E-state index contributed by atoms with van der Waals surface area (Å²) in [6.07, 6.45) is 3.13. The monoisotopic (exact) mass is 357 g/mol. The molecule has 2 aliphatic heterocycles. The first-order valence-corrected chi connectivity index (χ1v) is 9.18. The van der Waals surface area contributed by atoms with Gasteiger partial charge in [0, 0.05) is 39.8 Å². The number of piperidine rings is 1. The summed E-state index contributed by atoms with van der Waals surface area (Å²) in [6.45, 7) is 12.8. The highest BCUT2D eigenvalue weighted by molar-refractivity contribution is 5.68. The predicted octanol–water partition coefficient (Wildman–Crippen LogP) is 1.06. The number of aliphatic hydroxyl groups excluding tert-OH is 1. The van der Waals surface area contributed by atoms with Crippen LogP contribution in [-0.2, 0) is 9.53 Å². The Balaban J connectivity index is 0.00000151. The normalized spacial score (nSPS) is 20.6. The summed E-state index contributed by atoms with van der Waals surface area (Å²) in [5.74, 6) is 0.714. The Morgan fingerprint density at radius 1 is 1.04 bits per heavy atom. The third-order valence-electron chi connectivity index (χ3n) is 4.58. The second-order valence-electron chi connectivity index (χ2n) is 7.68. The molecule has 0 aromatic rings. The highest BCUT2D eigenvalue weighted by atomic mass is 16.6. The molecule has 0 radical (unpaired) electrons. The fourth-order valence-corrected chi connectivity index (χ4v) is 3.26. The van der Waals surface area contributed by atoms with E-state index in [0.29, 0.717) is 12.5 Å². The van der Waals surface area contributed by atoms with Gasteiger partial charge in [-0.25, -0.2) is 4.79 Å². The van der Waals surface area contributed by atoms with Gasteiger partial charge in [0.25, 0.3) is 0 Å². The van der Waals surface area contributed by atoms with Gasteiger partial charge in [0.05, 0.1) is 6.54 Å². The molecule has 25 heavy (non-hydrogen) atoms. The number of nitrogens with zero attached hydrogens (tertiary/aromatic N) is 3. The second kappa shape index (κ2) is 10.7. The molecule has 2 rings (SSSR count). The summed E-state index contributed by atoms with van der Waals surface area (Å²) >= 11 is 0. The van der Waals surface area contributed by atoms with Crippen molar-refractivity contribution < 1.29 is 19.4 Å². The average molecular weight is 357 g/mol. The first-order chi connectivity index (χ1) is 11.9. The lowest BCUT2D eigenvalue weighted by molar-refractivity contribution is -0.109. The number of amides is 1. The van der Waals surface area contributed by atoms with Gasteiger partial charge in [0.1, 0.15) is 11.9 Å². The van der Waals surface area contributed by atoms with Gasteiger partial charge in [-0.15, -0.1) is 0 Å². The second-order valence-corrected chi connectivity index (χ2v) is 7.68. The Hall–Kier alpha value is -1.18. The van der Waals surface area contributed by atoms with E-state index in [1.807, 2.05) is 25.7 Å². The molecule has 0 unspecified atom stereocenters. The van der Waals surface area contributed by atoms with Crippen LogP contribution in [-0.4, -0.2) is 97.3 Å². The van der Waals surface area contributed by atoms with Gasteiger partial charge < -0.3 is 19.5 Å². The van der Waals surface area contributed by atoms with Crippen molar-refractivity contribution in [3.8, 4) is 0 Å². The number of piperazine rings is 1. The molecule has 0 spiro atoms. The predicted molar refractivity (Wildman–Crippen MR) is 97.6 cm³/mol. The molecule has 1 N–H and O–H groups in total. The van der Waals surface area contributed by atoms with Crippen LogP contribution in [0.15, 0.2) is 0 Å². The number of ether oxygens (including phenoxy) is 1. The minimum atomic E-state index is -0.427. The van der Waals surface area contributed by atoms with E-state index in [4.69, 9.17) is 9.84 Å². The van der Waals surface area contributed by atoms with E-state index in [-0.39, 0.29) is 6.09 Å². The lowest BCUT2D eigenvalue weighted by atomic mass is 9.96. The van der Waals surface area contributed by atoms with E-state index in [1.54, 1.807) is 0 Å². The van der Waals surface area contributed by atoms with Crippen molar-refractivity contribution in [2.45, 2.75) is 39.2 Å². The molecule has 0 bridgehead atoms. The van der Waals surface area contributed by atoms with Crippen LogP contribution in [0.4, 0.5) is 4.79 Å². The van der Waals surface area contributed by atoms with E-state index in [2.05, 4.69) is 9.80 Å².